The molecule has 2 aromatic heterocycles. The lowest BCUT2D eigenvalue weighted by Crippen LogP contribution is -1.90. The van der Waals surface area contributed by atoms with Gasteiger partial charge in [-0.2, -0.15) is 0 Å². The molecule has 0 saturated heterocycles. The van der Waals surface area contributed by atoms with Gasteiger partial charge in [-0.15, -0.1) is 0 Å². The highest BCUT2D eigenvalue weighted by Crippen LogP contribution is 2.48. The second-order valence-corrected chi connectivity index (χ2v) is 17.9. The van der Waals surface area contributed by atoms with Gasteiger partial charge >= 0.3 is 0 Å². The van der Waals surface area contributed by atoms with Gasteiger partial charge in [0.15, 0.2) is 0 Å². The highest BCUT2D eigenvalue weighted by molar-refractivity contribution is 6.25. The monoisotopic (exact) mass is 926 g/mol. The van der Waals surface area contributed by atoms with Crippen molar-refractivity contribution in [2.24, 2.45) is 0 Å². The van der Waals surface area contributed by atoms with Gasteiger partial charge in [0, 0.05) is 32.7 Å². The molecule has 0 aliphatic carbocycles. The van der Waals surface area contributed by atoms with E-state index < -0.39 is 24.2 Å². The van der Waals surface area contributed by atoms with Crippen LogP contribution in [0.1, 0.15) is 13.7 Å². The maximum absolute atomic E-state index is 8.78. The van der Waals surface area contributed by atoms with E-state index >= 15 is 0 Å². The van der Waals surface area contributed by atoms with Crippen molar-refractivity contribution < 1.29 is 22.5 Å². The van der Waals surface area contributed by atoms with Crippen molar-refractivity contribution in [1.82, 2.24) is 0 Å². The highest BCUT2D eigenvalue weighted by Gasteiger charge is 2.21. The Morgan fingerprint density at radius 3 is 1.28 bits per heavy atom. The maximum atomic E-state index is 8.78. The molecular formula is C70H44O2. The van der Waals surface area contributed by atoms with Gasteiger partial charge in [-0.05, 0) is 118 Å². The average Bonchev–Trinajstić information content (AvgIpc) is 1.76. The smallest absolute Gasteiger partial charge is 0.143 e. The lowest BCUT2D eigenvalue weighted by atomic mass is 9.85. The summed E-state index contributed by atoms with van der Waals surface area (Å²) in [5.41, 5.74) is 10.9. The minimum atomic E-state index is -0.447. The van der Waals surface area contributed by atoms with Gasteiger partial charge in [0.1, 0.15) is 22.3 Å². The fraction of sp³-hybridized carbons (Fsp3) is 0. The fourth-order valence-corrected chi connectivity index (χ4v) is 10.8. The number of hydrogen-bond acceptors (Lipinski definition) is 2. The minimum absolute atomic E-state index is 0.103. The summed E-state index contributed by atoms with van der Waals surface area (Å²) in [4.78, 5) is 0. The molecule has 0 N–H and O–H groups in total. The van der Waals surface area contributed by atoms with Gasteiger partial charge in [0.05, 0.1) is 13.7 Å². The molecule has 0 saturated carbocycles. The zero-order chi connectivity index (χ0) is 56.2. The Kier molecular flexibility index (Phi) is 7.71. The van der Waals surface area contributed by atoms with Crippen LogP contribution >= 0.6 is 0 Å². The van der Waals surface area contributed by atoms with Crippen LogP contribution in [0, 0.1) is 0 Å². The fourth-order valence-electron chi connectivity index (χ4n) is 10.8. The molecule has 0 aliphatic heterocycles. The summed E-state index contributed by atoms with van der Waals surface area (Å²) < 4.78 is 96.1. The van der Waals surface area contributed by atoms with Crippen molar-refractivity contribution in [3.05, 3.63) is 267 Å². The van der Waals surface area contributed by atoms with E-state index in [0.29, 0.717) is 22.3 Å². The first-order chi connectivity index (χ1) is 39.9. The molecule has 15 aromatic rings. The highest BCUT2D eigenvalue weighted by atomic mass is 16.3. The van der Waals surface area contributed by atoms with E-state index in [4.69, 9.17) is 22.5 Å². The van der Waals surface area contributed by atoms with Crippen molar-refractivity contribution in [3.8, 4) is 55.6 Å². The second kappa shape index (κ2) is 17.2. The van der Waals surface area contributed by atoms with Crippen LogP contribution in [0.5, 0.6) is 0 Å². The van der Waals surface area contributed by atoms with Gasteiger partial charge in [0.2, 0.25) is 0 Å². The summed E-state index contributed by atoms with van der Waals surface area (Å²) in [6.07, 6.45) is 0. The van der Waals surface area contributed by atoms with E-state index in [0.717, 1.165) is 70.9 Å². The quantitative estimate of drug-likeness (QED) is 0.161. The van der Waals surface area contributed by atoms with Crippen molar-refractivity contribution >= 4 is 87.0 Å². The van der Waals surface area contributed by atoms with Gasteiger partial charge in [-0.25, -0.2) is 0 Å². The molecule has 2 heterocycles. The van der Waals surface area contributed by atoms with Gasteiger partial charge < -0.3 is 8.83 Å². The molecule has 0 bridgehead atoms. The van der Waals surface area contributed by atoms with Gasteiger partial charge in [-0.3, -0.25) is 0 Å². The predicted octanol–water partition coefficient (Wildman–Crippen LogP) is 20.1. The van der Waals surface area contributed by atoms with Crippen LogP contribution in [0.3, 0.4) is 0 Å². The molecule has 72 heavy (non-hydrogen) atoms. The molecule has 15 rings (SSSR count). The van der Waals surface area contributed by atoms with Crippen molar-refractivity contribution in [3.63, 3.8) is 0 Å². The van der Waals surface area contributed by atoms with Crippen LogP contribution in [0.4, 0.5) is 0 Å². The Balaban J connectivity index is 0.000000158. The first-order valence-corrected chi connectivity index (χ1v) is 23.8. The Morgan fingerprint density at radius 2 is 0.681 bits per heavy atom. The SMILES string of the molecule is [2H]c1c([2H])c([2H])c(-c2ccc3c(c2)oc2ccc(-c4c5ccccc5c(-c5c([2H])c([2H])c([2H])c([2H])c5[2H])c5ccccc45)cc23)c([2H])c1[2H].c1ccc(-c2c3ccccc3c(-c3cccc4c3oc3ccccc34)c3ccccc23)cc1. The lowest BCUT2D eigenvalue weighted by molar-refractivity contribution is 0.669. The zero-order valence-electron chi connectivity index (χ0n) is 48.4. The molecule has 2 heteroatoms. The number of furan rings is 2. The molecular weight excluding hydrogens is 873 g/mol. The summed E-state index contributed by atoms with van der Waals surface area (Å²) in [6, 6.07) is 65.9. The number of benzene rings is 13. The number of rotatable bonds is 5. The first-order valence-electron chi connectivity index (χ1n) is 28.8. The van der Waals surface area contributed by atoms with Crippen LogP contribution in [0.15, 0.2) is 276 Å². The maximum Gasteiger partial charge on any atom is 0.143 e. The standard InChI is InChI=1S/C38H24O.C32H20O/c1-3-11-25(12-4-1)27-19-21-29-34-23-28(20-22-35(34)39-36(29)24-27)38-32-17-9-7-15-30(32)37(26-13-5-2-6-14-26)31-16-8-10-18-33(31)38;1-2-11-21(12-3-1)30-23-14-4-6-16-25(23)31(26-17-7-5-15-24(26)30)28-19-10-18-27-22-13-8-9-20-29(22)33-32(27)28/h1-24H;1-20H/i1D,2D,3D,4D,5D,6D,11D,12D,13D,14D;. The van der Waals surface area contributed by atoms with E-state index in [-0.39, 0.29) is 47.4 Å². The molecule has 13 aromatic carbocycles. The molecule has 0 atom stereocenters. The van der Waals surface area contributed by atoms with Crippen LogP contribution in [0.2, 0.25) is 0 Å². The van der Waals surface area contributed by atoms with E-state index in [2.05, 4.69) is 109 Å². The van der Waals surface area contributed by atoms with Gasteiger partial charge in [-0.1, -0.05) is 236 Å². The predicted molar refractivity (Wildman–Crippen MR) is 305 cm³/mol. The molecule has 0 unspecified atom stereocenters. The second-order valence-electron chi connectivity index (χ2n) is 17.9. The minimum Gasteiger partial charge on any atom is -0.456 e. The molecule has 0 aliphatic rings. The Bertz CT molecular complexity index is 5010. The van der Waals surface area contributed by atoms with Crippen LogP contribution in [-0.2, 0) is 0 Å². The number of para-hydroxylation sites is 2. The van der Waals surface area contributed by atoms with E-state index in [1.54, 1.807) is 12.1 Å². The van der Waals surface area contributed by atoms with E-state index in [1.165, 1.54) is 38.2 Å². The lowest BCUT2D eigenvalue weighted by Gasteiger charge is -2.17. The third kappa shape index (κ3) is 6.80. The number of hydrogen-bond donors (Lipinski definition) is 0. The third-order valence-electron chi connectivity index (χ3n) is 13.9. The molecule has 0 spiro atoms. The normalized spacial score (nSPS) is 13.6. The Hall–Kier alpha value is -9.50. The molecule has 0 amide bonds. The summed E-state index contributed by atoms with van der Waals surface area (Å²) in [6.45, 7) is 0. The van der Waals surface area contributed by atoms with Crippen molar-refractivity contribution in [2.45, 2.75) is 0 Å². The largest absolute Gasteiger partial charge is 0.456 e. The van der Waals surface area contributed by atoms with Gasteiger partial charge in [0.25, 0.3) is 0 Å². The van der Waals surface area contributed by atoms with Crippen molar-refractivity contribution in [1.29, 1.82) is 0 Å². The van der Waals surface area contributed by atoms with Crippen LogP contribution in [0.25, 0.3) is 143 Å². The van der Waals surface area contributed by atoms with Crippen LogP contribution < -0.4 is 0 Å². The molecule has 336 valence electrons. The molecule has 2 nitrogen and oxygen atoms in total. The Morgan fingerprint density at radius 1 is 0.236 bits per heavy atom. The molecule has 0 radical (unpaired) electrons. The average molecular weight is 927 g/mol. The summed E-state index contributed by atoms with van der Waals surface area (Å²) in [5.74, 6) is 0. The topological polar surface area (TPSA) is 26.3 Å². The first kappa shape index (κ1) is 32.3. The summed E-state index contributed by atoms with van der Waals surface area (Å²) >= 11 is 0. The summed E-state index contributed by atoms with van der Waals surface area (Å²) in [5, 5.41) is 12.1. The van der Waals surface area contributed by atoms with Crippen LogP contribution in [-0.4, -0.2) is 0 Å². The van der Waals surface area contributed by atoms with E-state index in [1.807, 2.05) is 84.9 Å². The van der Waals surface area contributed by atoms with E-state index in [9.17, 15) is 0 Å². The van der Waals surface area contributed by atoms with Crippen molar-refractivity contribution in [2.75, 3.05) is 0 Å². The zero-order valence-corrected chi connectivity index (χ0v) is 38.4. The number of fused-ring (bicyclic) bond motifs is 10. The molecule has 0 fully saturated rings. The summed E-state index contributed by atoms with van der Waals surface area (Å²) in [7, 11) is 0. The third-order valence-corrected chi connectivity index (χ3v) is 13.9. The Labute approximate surface area is 430 Å².